The number of carbonyl (C=O) groups is 2. The molecule has 0 saturated carbocycles. The van der Waals surface area contributed by atoms with Crippen LogP contribution >= 0.6 is 34.5 Å². The number of halogens is 2. The summed E-state index contributed by atoms with van der Waals surface area (Å²) in [6, 6.07) is 0. The minimum absolute atomic E-state index is 0.00370. The largest absolute Gasteiger partial charge is 0.477 e. The second kappa shape index (κ2) is 5.90. The number of carboxylic acids is 1. The SMILES string of the molecule is C=CCOC(=O)Nc1c(C(=O)O)sc(Cl)c1Cl. The summed E-state index contributed by atoms with van der Waals surface area (Å²) in [6.45, 7) is 3.37. The highest BCUT2D eigenvalue weighted by Crippen LogP contribution is 2.41. The zero-order valence-corrected chi connectivity index (χ0v) is 10.7. The number of anilines is 1. The molecule has 1 aromatic heterocycles. The Hall–Kier alpha value is -1.24. The number of hydrogen-bond donors (Lipinski definition) is 2. The van der Waals surface area contributed by atoms with Gasteiger partial charge in [-0.2, -0.15) is 0 Å². The predicted molar refractivity (Wildman–Crippen MR) is 66.5 cm³/mol. The van der Waals surface area contributed by atoms with Gasteiger partial charge in [0.25, 0.3) is 0 Å². The van der Waals surface area contributed by atoms with Crippen molar-refractivity contribution in [3.05, 3.63) is 26.9 Å². The van der Waals surface area contributed by atoms with Gasteiger partial charge in [-0.1, -0.05) is 35.9 Å². The summed E-state index contributed by atoms with van der Waals surface area (Å²) in [5.74, 6) is -1.23. The van der Waals surface area contributed by atoms with E-state index in [2.05, 4.69) is 16.6 Å². The topological polar surface area (TPSA) is 75.6 Å². The van der Waals surface area contributed by atoms with Crippen LogP contribution in [-0.4, -0.2) is 23.8 Å². The fraction of sp³-hybridized carbons (Fsp3) is 0.111. The van der Waals surface area contributed by atoms with Gasteiger partial charge in [0.1, 0.15) is 15.8 Å². The Morgan fingerprint density at radius 2 is 2.18 bits per heavy atom. The van der Waals surface area contributed by atoms with Gasteiger partial charge in [0.2, 0.25) is 0 Å². The van der Waals surface area contributed by atoms with Gasteiger partial charge < -0.3 is 9.84 Å². The standard InChI is InChI=1S/C9H7Cl2NO4S/c1-2-3-16-9(15)12-5-4(10)7(11)17-6(5)8(13)14/h2H,1,3H2,(H,12,15)(H,13,14). The van der Waals surface area contributed by atoms with Crippen LogP contribution in [0.1, 0.15) is 9.67 Å². The third-order valence-corrected chi connectivity index (χ3v) is 3.54. The molecule has 0 aliphatic carbocycles. The van der Waals surface area contributed by atoms with E-state index in [1.807, 2.05) is 0 Å². The van der Waals surface area contributed by atoms with Crippen LogP contribution in [0, 0.1) is 0 Å². The van der Waals surface area contributed by atoms with Gasteiger partial charge in [-0.25, -0.2) is 9.59 Å². The number of thiophene rings is 1. The van der Waals surface area contributed by atoms with Crippen LogP contribution in [0.5, 0.6) is 0 Å². The monoisotopic (exact) mass is 295 g/mol. The maximum Gasteiger partial charge on any atom is 0.412 e. The molecule has 2 N–H and O–H groups in total. The van der Waals surface area contributed by atoms with Gasteiger partial charge in [-0.3, -0.25) is 5.32 Å². The van der Waals surface area contributed by atoms with Crippen molar-refractivity contribution in [1.82, 2.24) is 0 Å². The summed E-state index contributed by atoms with van der Waals surface area (Å²) in [5.41, 5.74) is -0.0665. The lowest BCUT2D eigenvalue weighted by Crippen LogP contribution is -2.15. The van der Waals surface area contributed by atoms with Gasteiger partial charge in [0.15, 0.2) is 0 Å². The highest BCUT2D eigenvalue weighted by atomic mass is 35.5. The molecule has 0 unspecified atom stereocenters. The lowest BCUT2D eigenvalue weighted by atomic mass is 10.4. The molecule has 5 nitrogen and oxygen atoms in total. The Kier molecular flexibility index (Phi) is 4.80. The Morgan fingerprint density at radius 3 is 2.71 bits per heavy atom. The van der Waals surface area contributed by atoms with Crippen molar-refractivity contribution in [3.8, 4) is 0 Å². The number of aromatic carboxylic acids is 1. The minimum atomic E-state index is -1.23. The molecule has 0 bridgehead atoms. The second-order valence-electron chi connectivity index (χ2n) is 2.71. The number of carboxylic acid groups (broad SMARTS) is 1. The van der Waals surface area contributed by atoms with E-state index in [9.17, 15) is 9.59 Å². The molecule has 0 aliphatic heterocycles. The number of nitrogens with one attached hydrogen (secondary N) is 1. The van der Waals surface area contributed by atoms with Crippen LogP contribution in [0.3, 0.4) is 0 Å². The number of amides is 1. The van der Waals surface area contributed by atoms with E-state index >= 15 is 0 Å². The maximum absolute atomic E-state index is 11.2. The van der Waals surface area contributed by atoms with Gasteiger partial charge in [0.05, 0.1) is 10.7 Å². The van der Waals surface area contributed by atoms with Crippen LogP contribution in [0.2, 0.25) is 9.36 Å². The van der Waals surface area contributed by atoms with Crippen molar-refractivity contribution in [1.29, 1.82) is 0 Å². The van der Waals surface area contributed by atoms with E-state index < -0.39 is 12.1 Å². The van der Waals surface area contributed by atoms with Crippen LogP contribution < -0.4 is 5.32 Å². The third kappa shape index (κ3) is 3.36. The average molecular weight is 296 g/mol. The first kappa shape index (κ1) is 13.8. The van der Waals surface area contributed by atoms with Gasteiger partial charge in [-0.05, 0) is 0 Å². The number of rotatable bonds is 4. The summed E-state index contributed by atoms with van der Waals surface area (Å²) < 4.78 is 4.72. The summed E-state index contributed by atoms with van der Waals surface area (Å²) in [7, 11) is 0. The van der Waals surface area contributed by atoms with Crippen LogP contribution in [0.4, 0.5) is 10.5 Å². The smallest absolute Gasteiger partial charge is 0.412 e. The molecule has 0 atom stereocenters. The van der Waals surface area contributed by atoms with Gasteiger partial charge in [-0.15, -0.1) is 11.3 Å². The molecule has 1 aromatic rings. The average Bonchev–Trinajstić information content (AvgIpc) is 2.54. The Morgan fingerprint density at radius 1 is 1.53 bits per heavy atom. The van der Waals surface area contributed by atoms with Crippen molar-refractivity contribution in [2.24, 2.45) is 0 Å². The van der Waals surface area contributed by atoms with E-state index in [0.717, 1.165) is 11.3 Å². The van der Waals surface area contributed by atoms with Crippen molar-refractivity contribution in [2.75, 3.05) is 11.9 Å². The second-order valence-corrected chi connectivity index (χ2v) is 4.71. The van der Waals surface area contributed by atoms with Gasteiger partial charge in [0, 0.05) is 0 Å². The zero-order chi connectivity index (χ0) is 13.0. The molecular formula is C9H7Cl2NO4S. The first-order valence-corrected chi connectivity index (χ1v) is 5.80. The van der Waals surface area contributed by atoms with E-state index in [1.54, 1.807) is 0 Å². The van der Waals surface area contributed by atoms with Crippen molar-refractivity contribution >= 4 is 52.3 Å². The first-order chi connectivity index (χ1) is 7.97. The molecule has 1 heterocycles. The molecule has 0 aromatic carbocycles. The molecule has 0 spiro atoms. The molecule has 1 rings (SSSR count). The minimum Gasteiger partial charge on any atom is -0.477 e. The molecule has 0 saturated heterocycles. The molecule has 0 fully saturated rings. The van der Waals surface area contributed by atoms with Crippen molar-refractivity contribution in [3.63, 3.8) is 0 Å². The molecule has 0 aliphatic rings. The fourth-order valence-electron chi connectivity index (χ4n) is 0.918. The van der Waals surface area contributed by atoms with Crippen molar-refractivity contribution in [2.45, 2.75) is 0 Å². The summed E-state index contributed by atoms with van der Waals surface area (Å²) in [6.07, 6.45) is 0.545. The lowest BCUT2D eigenvalue weighted by Gasteiger charge is -2.05. The number of hydrogen-bond acceptors (Lipinski definition) is 4. The summed E-state index contributed by atoms with van der Waals surface area (Å²) >= 11 is 12.2. The van der Waals surface area contributed by atoms with Gasteiger partial charge >= 0.3 is 12.1 Å². The Labute approximate surface area is 111 Å². The van der Waals surface area contributed by atoms with E-state index in [1.165, 1.54) is 6.08 Å². The fourth-order valence-corrected chi connectivity index (χ4v) is 2.27. The maximum atomic E-state index is 11.2. The normalized spacial score (nSPS) is 9.76. The zero-order valence-electron chi connectivity index (χ0n) is 8.33. The summed E-state index contributed by atoms with van der Waals surface area (Å²) in [5, 5.41) is 11.1. The molecule has 8 heteroatoms. The highest BCUT2D eigenvalue weighted by Gasteiger charge is 2.22. The predicted octanol–water partition coefficient (Wildman–Crippen LogP) is 3.49. The van der Waals surface area contributed by atoms with Crippen LogP contribution in [0.15, 0.2) is 12.7 Å². The quantitative estimate of drug-likeness (QED) is 0.834. The van der Waals surface area contributed by atoms with Crippen LogP contribution in [0.25, 0.3) is 0 Å². The molecule has 17 heavy (non-hydrogen) atoms. The van der Waals surface area contributed by atoms with E-state index in [-0.39, 0.29) is 26.5 Å². The Balaban J connectivity index is 2.93. The Bertz CT molecular complexity index is 472. The number of ether oxygens (including phenoxy) is 1. The first-order valence-electron chi connectivity index (χ1n) is 4.23. The third-order valence-electron chi connectivity index (χ3n) is 1.56. The van der Waals surface area contributed by atoms with E-state index in [4.69, 9.17) is 28.3 Å². The molecule has 0 radical (unpaired) electrons. The number of carbonyl (C=O) groups excluding carboxylic acids is 1. The molecule has 92 valence electrons. The summed E-state index contributed by atoms with van der Waals surface area (Å²) in [4.78, 5) is 21.9. The van der Waals surface area contributed by atoms with Crippen LogP contribution in [-0.2, 0) is 4.74 Å². The molecular weight excluding hydrogens is 289 g/mol. The lowest BCUT2D eigenvalue weighted by molar-refractivity contribution is 0.0703. The molecule has 1 amide bonds. The highest BCUT2D eigenvalue weighted by molar-refractivity contribution is 7.19. The van der Waals surface area contributed by atoms with E-state index in [0.29, 0.717) is 0 Å². The van der Waals surface area contributed by atoms with Crippen molar-refractivity contribution < 1.29 is 19.4 Å².